The van der Waals surface area contributed by atoms with Crippen LogP contribution in [0.3, 0.4) is 0 Å². The van der Waals surface area contributed by atoms with Crippen molar-refractivity contribution in [3.8, 4) is 22.5 Å². The van der Waals surface area contributed by atoms with Gasteiger partial charge in [0.25, 0.3) is 0 Å². The molecule has 0 bridgehead atoms. The summed E-state index contributed by atoms with van der Waals surface area (Å²) in [5, 5.41) is 14.0. The molecule has 3 heterocycles. The second kappa shape index (κ2) is 5.96. The molecule has 0 saturated heterocycles. The zero-order valence-corrected chi connectivity index (χ0v) is 13.7. The van der Waals surface area contributed by atoms with Gasteiger partial charge in [0.05, 0.1) is 5.39 Å². The first-order chi connectivity index (χ1) is 12.6. The summed E-state index contributed by atoms with van der Waals surface area (Å²) in [6.45, 7) is 0. The van der Waals surface area contributed by atoms with E-state index in [0.717, 1.165) is 11.1 Å². The molecule has 0 unspecified atom stereocenters. The topological polar surface area (TPSA) is 98.2 Å². The van der Waals surface area contributed by atoms with Crippen molar-refractivity contribution < 1.29 is 19.1 Å². The second-order valence-corrected chi connectivity index (χ2v) is 5.74. The van der Waals surface area contributed by atoms with E-state index in [2.05, 4.69) is 10.1 Å². The molecule has 0 amide bonds. The van der Waals surface area contributed by atoms with Crippen LogP contribution in [0.5, 0.6) is 0 Å². The van der Waals surface area contributed by atoms with Crippen LogP contribution in [0, 0.1) is 0 Å². The Labute approximate surface area is 147 Å². The Balaban J connectivity index is 1.92. The van der Waals surface area contributed by atoms with Crippen molar-refractivity contribution in [2.75, 3.05) is 0 Å². The molecule has 0 fully saturated rings. The summed E-state index contributed by atoms with van der Waals surface area (Å²) in [6.07, 6.45) is 2.27. The summed E-state index contributed by atoms with van der Waals surface area (Å²) < 4.78 is 6.93. The molecule has 1 N–H and O–H groups in total. The highest BCUT2D eigenvalue weighted by atomic mass is 16.4. The largest absolute Gasteiger partial charge is 0.476 e. The lowest BCUT2D eigenvalue weighted by Gasteiger charge is -2.06. The molecule has 26 heavy (non-hydrogen) atoms. The Morgan fingerprint density at radius 2 is 2.00 bits per heavy atom. The maximum Gasteiger partial charge on any atom is 0.357 e. The highest BCUT2D eigenvalue weighted by molar-refractivity contribution is 6.07. The summed E-state index contributed by atoms with van der Waals surface area (Å²) in [5.41, 5.74) is 2.74. The lowest BCUT2D eigenvalue weighted by molar-refractivity contribution is 0.0691. The zero-order valence-electron chi connectivity index (χ0n) is 13.7. The lowest BCUT2D eigenvalue weighted by Crippen LogP contribution is -1.99. The third kappa shape index (κ3) is 2.46. The molecule has 3 aromatic heterocycles. The van der Waals surface area contributed by atoms with Crippen LogP contribution < -0.4 is 0 Å². The highest BCUT2D eigenvalue weighted by Gasteiger charge is 2.20. The summed E-state index contributed by atoms with van der Waals surface area (Å²) in [5.74, 6) is -0.302. The zero-order chi connectivity index (χ0) is 18.3. The number of rotatable bonds is 4. The molecule has 7 nitrogen and oxygen atoms in total. The van der Waals surface area contributed by atoms with Crippen molar-refractivity contribution in [3.63, 3.8) is 0 Å². The van der Waals surface area contributed by atoms with Crippen molar-refractivity contribution >= 4 is 23.3 Å². The van der Waals surface area contributed by atoms with Crippen molar-refractivity contribution in [2.45, 2.75) is 0 Å². The summed E-state index contributed by atoms with van der Waals surface area (Å²) >= 11 is 0. The lowest BCUT2D eigenvalue weighted by atomic mass is 9.99. The number of hydrogen-bond acceptors (Lipinski definition) is 5. The Morgan fingerprint density at radius 3 is 2.73 bits per heavy atom. The summed E-state index contributed by atoms with van der Waals surface area (Å²) in [6, 6.07) is 12.5. The van der Waals surface area contributed by atoms with Gasteiger partial charge in [0.1, 0.15) is 5.76 Å². The van der Waals surface area contributed by atoms with E-state index in [1.54, 1.807) is 31.4 Å². The molecular weight excluding hydrogens is 334 g/mol. The van der Waals surface area contributed by atoms with E-state index in [0.29, 0.717) is 28.6 Å². The number of carbonyl (C=O) groups is 2. The van der Waals surface area contributed by atoms with Gasteiger partial charge in [-0.15, -0.1) is 0 Å². The molecule has 1 aromatic carbocycles. The van der Waals surface area contributed by atoms with Gasteiger partial charge in [-0.2, -0.15) is 5.10 Å². The first-order valence-electron chi connectivity index (χ1n) is 7.79. The maximum atomic E-state index is 11.6. The Bertz CT molecular complexity index is 1160. The SMILES string of the molecule is Cn1nc(C(=O)O)c2c(-c3cccc(-c4ccc(C=O)o4)c3)ccnc21. The van der Waals surface area contributed by atoms with Crippen LogP contribution in [0.15, 0.2) is 53.1 Å². The quantitative estimate of drug-likeness (QED) is 0.568. The van der Waals surface area contributed by atoms with Crippen LogP contribution in [-0.4, -0.2) is 32.1 Å². The smallest absolute Gasteiger partial charge is 0.357 e. The van der Waals surface area contributed by atoms with Crippen LogP contribution in [0.1, 0.15) is 21.0 Å². The minimum absolute atomic E-state index is 0.0442. The number of pyridine rings is 1. The van der Waals surface area contributed by atoms with Gasteiger partial charge in [-0.25, -0.2) is 14.5 Å². The van der Waals surface area contributed by atoms with Crippen molar-refractivity contribution in [3.05, 3.63) is 60.1 Å². The maximum absolute atomic E-state index is 11.6. The van der Waals surface area contributed by atoms with Gasteiger partial charge in [-0.1, -0.05) is 18.2 Å². The molecule has 7 heteroatoms. The van der Waals surface area contributed by atoms with Gasteiger partial charge in [-0.3, -0.25) is 4.79 Å². The van der Waals surface area contributed by atoms with Crippen molar-refractivity contribution in [2.24, 2.45) is 7.05 Å². The van der Waals surface area contributed by atoms with Crippen molar-refractivity contribution in [1.82, 2.24) is 14.8 Å². The first-order valence-corrected chi connectivity index (χ1v) is 7.79. The highest BCUT2D eigenvalue weighted by Crippen LogP contribution is 2.32. The molecule has 0 radical (unpaired) electrons. The second-order valence-electron chi connectivity index (χ2n) is 5.74. The number of furan rings is 1. The van der Waals surface area contributed by atoms with Crippen LogP contribution >= 0.6 is 0 Å². The number of nitrogens with zero attached hydrogens (tertiary/aromatic N) is 3. The molecule has 0 aliphatic heterocycles. The van der Waals surface area contributed by atoms with E-state index in [1.807, 2.05) is 24.3 Å². The third-order valence-electron chi connectivity index (χ3n) is 4.13. The van der Waals surface area contributed by atoms with E-state index >= 15 is 0 Å². The van der Waals surface area contributed by atoms with E-state index in [1.165, 1.54) is 4.68 Å². The van der Waals surface area contributed by atoms with E-state index in [4.69, 9.17) is 4.42 Å². The molecule has 0 aliphatic carbocycles. The van der Waals surface area contributed by atoms with Crippen LogP contribution in [-0.2, 0) is 7.05 Å². The molecule has 0 saturated carbocycles. The molecular formula is C19H13N3O4. The van der Waals surface area contributed by atoms with E-state index in [9.17, 15) is 14.7 Å². The molecule has 4 aromatic rings. The van der Waals surface area contributed by atoms with Crippen LogP contribution in [0.2, 0.25) is 0 Å². The molecule has 0 spiro atoms. The monoisotopic (exact) mass is 347 g/mol. The average molecular weight is 347 g/mol. The number of fused-ring (bicyclic) bond motifs is 1. The first kappa shape index (κ1) is 15.8. The fraction of sp³-hybridized carbons (Fsp3) is 0.0526. The van der Waals surface area contributed by atoms with Crippen molar-refractivity contribution in [1.29, 1.82) is 0 Å². The van der Waals surface area contributed by atoms with E-state index < -0.39 is 5.97 Å². The number of carbonyl (C=O) groups excluding carboxylic acids is 1. The fourth-order valence-corrected chi connectivity index (χ4v) is 2.98. The van der Waals surface area contributed by atoms with Gasteiger partial charge in [0, 0.05) is 18.8 Å². The minimum Gasteiger partial charge on any atom is -0.476 e. The number of benzene rings is 1. The summed E-state index contributed by atoms with van der Waals surface area (Å²) in [7, 11) is 1.66. The number of aromatic carboxylic acids is 1. The normalized spacial score (nSPS) is 11.0. The number of carboxylic acids is 1. The van der Waals surface area contributed by atoms with E-state index in [-0.39, 0.29) is 11.5 Å². The number of aldehydes is 1. The van der Waals surface area contributed by atoms with Gasteiger partial charge >= 0.3 is 5.97 Å². The molecule has 0 aliphatic rings. The predicted octanol–water partition coefficient (Wildman–Crippen LogP) is 3.41. The molecule has 0 atom stereocenters. The predicted molar refractivity (Wildman–Crippen MR) is 94.0 cm³/mol. The van der Waals surface area contributed by atoms with Crippen LogP contribution in [0.4, 0.5) is 0 Å². The molecule has 4 rings (SSSR count). The fourth-order valence-electron chi connectivity index (χ4n) is 2.98. The van der Waals surface area contributed by atoms with Gasteiger partial charge in [-0.05, 0) is 35.4 Å². The van der Waals surface area contributed by atoms with Crippen LogP contribution in [0.25, 0.3) is 33.5 Å². The number of aryl methyl sites for hydroxylation is 1. The number of hydrogen-bond donors (Lipinski definition) is 1. The van der Waals surface area contributed by atoms with Gasteiger partial charge in [0.2, 0.25) is 0 Å². The Morgan fingerprint density at radius 1 is 1.19 bits per heavy atom. The number of carboxylic acid groups (broad SMARTS) is 1. The third-order valence-corrected chi connectivity index (χ3v) is 4.13. The minimum atomic E-state index is -1.11. The average Bonchev–Trinajstić information content (AvgIpc) is 3.27. The Kier molecular flexibility index (Phi) is 3.62. The van der Waals surface area contributed by atoms with Gasteiger partial charge in [0.15, 0.2) is 23.4 Å². The summed E-state index contributed by atoms with van der Waals surface area (Å²) in [4.78, 5) is 26.7. The Hall–Kier alpha value is -3.74. The van der Waals surface area contributed by atoms with Gasteiger partial charge < -0.3 is 9.52 Å². The number of aromatic nitrogens is 3. The standard InChI is InChI=1S/C19H13N3O4/c1-22-18-16(17(21-22)19(24)25)14(7-8-20-18)11-3-2-4-12(9-11)15-6-5-13(10-23)26-15/h2-10H,1H3,(H,24,25). The molecule has 128 valence electrons.